The van der Waals surface area contributed by atoms with Gasteiger partial charge < -0.3 is 4.74 Å². The fourth-order valence-electron chi connectivity index (χ4n) is 1.78. The second kappa shape index (κ2) is 4.88. The molecule has 1 saturated heterocycles. The van der Waals surface area contributed by atoms with E-state index in [2.05, 4.69) is 0 Å². The predicted molar refractivity (Wildman–Crippen MR) is 64.3 cm³/mol. The first-order chi connectivity index (χ1) is 8.61. The maximum Gasteiger partial charge on any atom is 0.415 e. The molecule has 1 aromatic rings. The summed E-state index contributed by atoms with van der Waals surface area (Å²) in [5.41, 5.74) is 1.26. The van der Waals surface area contributed by atoms with Crippen molar-refractivity contribution in [2.24, 2.45) is 0 Å². The van der Waals surface area contributed by atoms with E-state index in [1.165, 1.54) is 11.8 Å². The SMILES string of the molecule is CC(=O)c1ccc(N2CCC(C#N)OC2=O)cc1. The molecule has 18 heavy (non-hydrogen) atoms. The first-order valence-corrected chi connectivity index (χ1v) is 5.60. The lowest BCUT2D eigenvalue weighted by atomic mass is 10.1. The molecule has 1 aliphatic rings. The van der Waals surface area contributed by atoms with Crippen molar-refractivity contribution < 1.29 is 14.3 Å². The molecule has 92 valence electrons. The van der Waals surface area contributed by atoms with Gasteiger partial charge in [-0.05, 0) is 31.2 Å². The fourth-order valence-corrected chi connectivity index (χ4v) is 1.78. The third kappa shape index (κ3) is 2.33. The highest BCUT2D eigenvalue weighted by atomic mass is 16.6. The lowest BCUT2D eigenvalue weighted by Crippen LogP contribution is -2.41. The van der Waals surface area contributed by atoms with Gasteiger partial charge in [0.2, 0.25) is 0 Å². The Kier molecular flexibility index (Phi) is 3.28. The molecule has 0 radical (unpaired) electrons. The minimum absolute atomic E-state index is 0.0210. The maximum absolute atomic E-state index is 11.7. The third-order valence-corrected chi connectivity index (χ3v) is 2.81. The zero-order valence-corrected chi connectivity index (χ0v) is 9.92. The number of amides is 1. The van der Waals surface area contributed by atoms with E-state index in [-0.39, 0.29) is 5.78 Å². The number of hydrogen-bond acceptors (Lipinski definition) is 4. The molecule has 1 heterocycles. The Balaban J connectivity index is 2.15. The summed E-state index contributed by atoms with van der Waals surface area (Å²) in [5, 5.41) is 8.68. The van der Waals surface area contributed by atoms with Gasteiger partial charge >= 0.3 is 6.09 Å². The number of nitriles is 1. The number of Topliss-reactive ketones (excluding diaryl/α,β-unsaturated/α-hetero) is 1. The standard InChI is InChI=1S/C13H12N2O3/c1-9(16)10-2-4-11(5-3-10)15-7-6-12(8-14)18-13(15)17/h2-5,12H,6-7H2,1H3. The van der Waals surface area contributed by atoms with Gasteiger partial charge in [-0.2, -0.15) is 5.26 Å². The summed E-state index contributed by atoms with van der Waals surface area (Å²) in [6.45, 7) is 1.93. The number of rotatable bonds is 2. The molecule has 0 aromatic heterocycles. The second-order valence-corrected chi connectivity index (χ2v) is 4.04. The molecule has 1 unspecified atom stereocenters. The van der Waals surface area contributed by atoms with Gasteiger partial charge in [0.05, 0.1) is 0 Å². The third-order valence-electron chi connectivity index (χ3n) is 2.81. The number of nitrogens with zero attached hydrogens (tertiary/aromatic N) is 2. The van der Waals surface area contributed by atoms with Crippen LogP contribution in [0.2, 0.25) is 0 Å². The highest BCUT2D eigenvalue weighted by Crippen LogP contribution is 2.21. The molecule has 5 nitrogen and oxygen atoms in total. The molecular formula is C13H12N2O3. The van der Waals surface area contributed by atoms with Crippen LogP contribution < -0.4 is 4.90 Å². The summed E-state index contributed by atoms with van der Waals surface area (Å²) >= 11 is 0. The first kappa shape index (κ1) is 12.1. The van der Waals surface area contributed by atoms with Crippen molar-refractivity contribution >= 4 is 17.6 Å². The molecule has 1 amide bonds. The van der Waals surface area contributed by atoms with Crippen molar-refractivity contribution in [3.8, 4) is 6.07 Å². The van der Waals surface area contributed by atoms with Crippen LogP contribution >= 0.6 is 0 Å². The van der Waals surface area contributed by atoms with Crippen molar-refractivity contribution in [1.82, 2.24) is 0 Å². The average molecular weight is 244 g/mol. The number of carbonyl (C=O) groups is 2. The van der Waals surface area contributed by atoms with Gasteiger partial charge in [-0.1, -0.05) is 0 Å². The Labute approximate surface area is 105 Å². The molecule has 1 aliphatic heterocycles. The minimum Gasteiger partial charge on any atom is -0.430 e. The monoisotopic (exact) mass is 244 g/mol. The lowest BCUT2D eigenvalue weighted by molar-refractivity contribution is 0.101. The average Bonchev–Trinajstić information content (AvgIpc) is 2.38. The van der Waals surface area contributed by atoms with Crippen LogP contribution in [-0.2, 0) is 4.74 Å². The van der Waals surface area contributed by atoms with Crippen LogP contribution in [0.3, 0.4) is 0 Å². The predicted octanol–water partition coefficient (Wildman–Crippen LogP) is 2.13. The largest absolute Gasteiger partial charge is 0.430 e. The van der Waals surface area contributed by atoms with E-state index in [9.17, 15) is 9.59 Å². The minimum atomic E-state index is -0.662. The van der Waals surface area contributed by atoms with E-state index in [0.29, 0.717) is 24.2 Å². The summed E-state index contributed by atoms with van der Waals surface area (Å²) < 4.78 is 4.94. The summed E-state index contributed by atoms with van der Waals surface area (Å²) in [7, 11) is 0. The summed E-state index contributed by atoms with van der Waals surface area (Å²) in [6, 6.07) is 8.65. The molecule has 1 aromatic carbocycles. The molecule has 0 spiro atoms. The number of anilines is 1. The quantitative estimate of drug-likeness (QED) is 0.747. The van der Waals surface area contributed by atoms with Gasteiger partial charge in [-0.25, -0.2) is 4.79 Å². The highest BCUT2D eigenvalue weighted by molar-refractivity contribution is 5.95. The normalized spacial score (nSPS) is 19.0. The molecule has 0 aliphatic carbocycles. The Morgan fingerprint density at radius 3 is 2.61 bits per heavy atom. The molecule has 1 fully saturated rings. The molecule has 0 bridgehead atoms. The number of benzene rings is 1. The number of hydrogen-bond donors (Lipinski definition) is 0. The lowest BCUT2D eigenvalue weighted by Gasteiger charge is -2.28. The zero-order valence-electron chi connectivity index (χ0n) is 9.92. The smallest absolute Gasteiger partial charge is 0.415 e. The van der Waals surface area contributed by atoms with E-state index in [4.69, 9.17) is 10.00 Å². The first-order valence-electron chi connectivity index (χ1n) is 5.60. The Hall–Kier alpha value is -2.35. The molecular weight excluding hydrogens is 232 g/mol. The molecule has 2 rings (SSSR count). The molecule has 5 heteroatoms. The van der Waals surface area contributed by atoms with Gasteiger partial charge in [-0.15, -0.1) is 0 Å². The number of carbonyl (C=O) groups excluding carboxylic acids is 2. The summed E-state index contributed by atoms with van der Waals surface area (Å²) in [6.07, 6.45) is -0.704. The van der Waals surface area contributed by atoms with Crippen LogP contribution in [0.4, 0.5) is 10.5 Å². The Morgan fingerprint density at radius 2 is 2.11 bits per heavy atom. The van der Waals surface area contributed by atoms with E-state index >= 15 is 0 Å². The molecule has 0 N–H and O–H groups in total. The topological polar surface area (TPSA) is 70.4 Å². The molecule has 1 atom stereocenters. The Bertz CT molecular complexity index is 516. The van der Waals surface area contributed by atoms with Crippen LogP contribution in [0.5, 0.6) is 0 Å². The number of cyclic esters (lactones) is 1. The van der Waals surface area contributed by atoms with Gasteiger partial charge in [0, 0.05) is 24.2 Å². The summed E-state index contributed by atoms with van der Waals surface area (Å²) in [4.78, 5) is 24.3. The zero-order chi connectivity index (χ0) is 13.1. The summed E-state index contributed by atoms with van der Waals surface area (Å²) in [5.74, 6) is -0.0210. The maximum atomic E-state index is 11.7. The van der Waals surface area contributed by atoms with Crippen molar-refractivity contribution in [3.05, 3.63) is 29.8 Å². The second-order valence-electron chi connectivity index (χ2n) is 4.04. The van der Waals surface area contributed by atoms with Crippen LogP contribution in [0.1, 0.15) is 23.7 Å². The van der Waals surface area contributed by atoms with Gasteiger partial charge in [-0.3, -0.25) is 9.69 Å². The van der Waals surface area contributed by atoms with Gasteiger partial charge in [0.1, 0.15) is 6.07 Å². The van der Waals surface area contributed by atoms with Crippen molar-refractivity contribution in [1.29, 1.82) is 5.26 Å². The molecule has 0 saturated carbocycles. The number of ether oxygens (including phenoxy) is 1. The van der Waals surface area contributed by atoms with E-state index in [1.54, 1.807) is 24.3 Å². The van der Waals surface area contributed by atoms with Crippen molar-refractivity contribution in [3.63, 3.8) is 0 Å². The van der Waals surface area contributed by atoms with Crippen molar-refractivity contribution in [2.75, 3.05) is 11.4 Å². The van der Waals surface area contributed by atoms with Crippen LogP contribution in [-0.4, -0.2) is 24.5 Å². The van der Waals surface area contributed by atoms with Crippen molar-refractivity contribution in [2.45, 2.75) is 19.4 Å². The number of ketones is 1. The van der Waals surface area contributed by atoms with E-state index < -0.39 is 12.2 Å². The van der Waals surface area contributed by atoms with Crippen LogP contribution in [0.15, 0.2) is 24.3 Å². The Morgan fingerprint density at radius 1 is 1.44 bits per heavy atom. The fraction of sp³-hybridized carbons (Fsp3) is 0.308. The van der Waals surface area contributed by atoms with Gasteiger partial charge in [0.25, 0.3) is 0 Å². The highest BCUT2D eigenvalue weighted by Gasteiger charge is 2.27. The van der Waals surface area contributed by atoms with Crippen LogP contribution in [0, 0.1) is 11.3 Å². The van der Waals surface area contributed by atoms with E-state index in [1.807, 2.05) is 6.07 Å². The van der Waals surface area contributed by atoms with E-state index in [0.717, 1.165) is 0 Å². The van der Waals surface area contributed by atoms with Gasteiger partial charge in [0.15, 0.2) is 11.9 Å². The van der Waals surface area contributed by atoms with Crippen LogP contribution in [0.25, 0.3) is 0 Å².